The molecule has 0 fully saturated rings. The number of nitrogens with one attached hydrogen (secondary N) is 1. The summed E-state index contributed by atoms with van der Waals surface area (Å²) in [6.45, 7) is 0.159. The zero-order valence-electron chi connectivity index (χ0n) is 7.83. The third-order valence-corrected chi connectivity index (χ3v) is 1.54. The Hall–Kier alpha value is -1.51. The molecule has 0 spiro atoms. The number of ether oxygens (including phenoxy) is 1. The molecule has 0 atom stereocenters. The summed E-state index contributed by atoms with van der Waals surface area (Å²) in [7, 11) is 1.83. The smallest absolute Gasteiger partial charge is 0.293 e. The summed E-state index contributed by atoms with van der Waals surface area (Å²) in [5.41, 5.74) is 1.88. The third kappa shape index (κ3) is 2.27. The number of rotatable bonds is 3. The van der Waals surface area contributed by atoms with Gasteiger partial charge in [-0.15, -0.1) is 0 Å². The van der Waals surface area contributed by atoms with Gasteiger partial charge in [0.05, 0.1) is 0 Å². The fourth-order valence-corrected chi connectivity index (χ4v) is 0.880. The van der Waals surface area contributed by atoms with Crippen molar-refractivity contribution >= 4 is 12.1 Å². The summed E-state index contributed by atoms with van der Waals surface area (Å²) in [4.78, 5) is 10.2. The maximum absolute atomic E-state index is 10.2. The van der Waals surface area contributed by atoms with E-state index >= 15 is 0 Å². The molecule has 0 saturated heterocycles. The van der Waals surface area contributed by atoms with Crippen LogP contribution in [0.2, 0.25) is 0 Å². The van der Waals surface area contributed by atoms with Crippen molar-refractivity contribution in [2.75, 3.05) is 12.4 Å². The Balaban J connectivity index is 2.54. The second-order valence-corrected chi connectivity index (χ2v) is 2.32. The van der Waals surface area contributed by atoms with Crippen LogP contribution in [0.15, 0.2) is 24.3 Å². The zero-order valence-corrected chi connectivity index (χ0v) is 6.83. The highest BCUT2D eigenvalue weighted by molar-refractivity contribution is 5.44. The minimum atomic E-state index is -1.00. The lowest BCUT2D eigenvalue weighted by atomic mass is 10.2. The zero-order chi connectivity index (χ0) is 9.68. The van der Waals surface area contributed by atoms with Crippen LogP contribution in [0.4, 0.5) is 5.69 Å². The first kappa shape index (κ1) is 7.16. The van der Waals surface area contributed by atoms with Gasteiger partial charge < -0.3 is 10.1 Å². The molecule has 1 aromatic rings. The van der Waals surface area contributed by atoms with Crippen molar-refractivity contribution < 1.29 is 10.9 Å². The summed E-state index contributed by atoms with van der Waals surface area (Å²) in [5, 5.41) is 2.97. The lowest BCUT2D eigenvalue weighted by Gasteiger charge is -2.01. The molecule has 0 amide bonds. The van der Waals surface area contributed by atoms with Gasteiger partial charge in [-0.25, -0.2) is 0 Å². The van der Waals surface area contributed by atoms with Gasteiger partial charge in [0, 0.05) is 12.7 Å². The first-order chi connectivity index (χ1) is 6.22. The third-order valence-electron chi connectivity index (χ3n) is 1.54. The highest BCUT2D eigenvalue weighted by Crippen LogP contribution is 2.08. The van der Waals surface area contributed by atoms with Crippen LogP contribution in [-0.4, -0.2) is 13.5 Å². The largest absolute Gasteiger partial charge is 0.463 e. The summed E-state index contributed by atoms with van der Waals surface area (Å²) < 4.78 is 11.0. The van der Waals surface area contributed by atoms with Crippen molar-refractivity contribution in [3.8, 4) is 0 Å². The Morgan fingerprint density at radius 3 is 2.75 bits per heavy atom. The van der Waals surface area contributed by atoms with Crippen LogP contribution in [0.3, 0.4) is 0 Å². The standard InChI is InChI=1S/C9H11NO2/c1-10-9-4-2-8(3-5-9)6-12-7-11/h2-5,7,10H,6H2,1H3/i7T. The van der Waals surface area contributed by atoms with Crippen LogP contribution in [0, 0.1) is 0 Å². The maximum Gasteiger partial charge on any atom is 0.293 e. The van der Waals surface area contributed by atoms with Crippen molar-refractivity contribution in [2.45, 2.75) is 6.61 Å². The summed E-state index contributed by atoms with van der Waals surface area (Å²) >= 11 is 0. The topological polar surface area (TPSA) is 38.3 Å². The van der Waals surface area contributed by atoms with E-state index in [1.54, 1.807) is 0 Å². The van der Waals surface area contributed by atoms with Gasteiger partial charge >= 0.3 is 0 Å². The van der Waals surface area contributed by atoms with Crippen molar-refractivity contribution in [3.05, 3.63) is 29.8 Å². The molecule has 12 heavy (non-hydrogen) atoms. The highest BCUT2D eigenvalue weighted by Gasteiger charge is 1.91. The van der Waals surface area contributed by atoms with E-state index in [0.29, 0.717) is 0 Å². The molecule has 0 heterocycles. The van der Waals surface area contributed by atoms with Crippen molar-refractivity contribution in [1.29, 1.82) is 0 Å². The molecule has 0 saturated carbocycles. The molecule has 1 N–H and O–H groups in total. The number of hydrogen-bond acceptors (Lipinski definition) is 3. The van der Waals surface area contributed by atoms with Crippen molar-refractivity contribution in [2.24, 2.45) is 0 Å². The molecule has 0 aliphatic carbocycles. The maximum atomic E-state index is 10.2. The molecule has 64 valence electrons. The summed E-state index contributed by atoms with van der Waals surface area (Å²) in [6.07, 6.45) is -1.00. The Kier molecular flexibility index (Phi) is 2.61. The number of anilines is 1. The van der Waals surface area contributed by atoms with E-state index in [2.05, 4.69) is 10.1 Å². The van der Waals surface area contributed by atoms with E-state index in [1.165, 1.54) is 0 Å². The van der Waals surface area contributed by atoms with Gasteiger partial charge in [0.2, 0.25) is 0 Å². The summed E-state index contributed by atoms with van der Waals surface area (Å²) in [6, 6.07) is 7.45. The molecule has 0 bridgehead atoms. The average molecular weight is 167 g/mol. The van der Waals surface area contributed by atoms with Crippen LogP contribution < -0.4 is 5.32 Å². The Morgan fingerprint density at radius 1 is 1.58 bits per heavy atom. The molecule has 3 nitrogen and oxygen atoms in total. The van der Waals surface area contributed by atoms with Gasteiger partial charge in [0.25, 0.3) is 6.45 Å². The quantitative estimate of drug-likeness (QED) is 0.691. The predicted molar refractivity (Wildman–Crippen MR) is 46.8 cm³/mol. The van der Waals surface area contributed by atoms with Gasteiger partial charge in [0.1, 0.15) is 6.61 Å². The SMILES string of the molecule is [3H]C(=O)OCc1ccc(NC)cc1. The number of benzene rings is 1. The first-order valence-corrected chi connectivity index (χ1v) is 3.62. The molecule has 0 aromatic heterocycles. The average Bonchev–Trinajstić information content (AvgIpc) is 2.15. The van der Waals surface area contributed by atoms with Crippen molar-refractivity contribution in [3.63, 3.8) is 0 Å². The van der Waals surface area contributed by atoms with E-state index in [-0.39, 0.29) is 6.61 Å². The van der Waals surface area contributed by atoms with Crippen LogP contribution in [0.1, 0.15) is 6.93 Å². The van der Waals surface area contributed by atoms with E-state index in [9.17, 15) is 4.79 Å². The molecule has 0 radical (unpaired) electrons. The van der Waals surface area contributed by atoms with Crippen LogP contribution >= 0.6 is 0 Å². The van der Waals surface area contributed by atoms with Crippen LogP contribution in [0.25, 0.3) is 0 Å². The Bertz CT molecular complexity index is 284. The molecule has 0 aliphatic heterocycles. The molecule has 0 aliphatic rings. The van der Waals surface area contributed by atoms with Crippen LogP contribution in [-0.2, 0) is 16.1 Å². The second-order valence-electron chi connectivity index (χ2n) is 2.32. The van der Waals surface area contributed by atoms with Gasteiger partial charge in [0.15, 0.2) is 1.37 Å². The van der Waals surface area contributed by atoms with Gasteiger partial charge in [-0.3, -0.25) is 4.79 Å². The van der Waals surface area contributed by atoms with Crippen molar-refractivity contribution in [1.82, 2.24) is 0 Å². The monoisotopic (exact) mass is 167 g/mol. The van der Waals surface area contributed by atoms with Gasteiger partial charge in [-0.05, 0) is 17.7 Å². The fraction of sp³-hybridized carbons (Fsp3) is 0.222. The molecular weight excluding hydrogens is 154 g/mol. The predicted octanol–water partition coefficient (Wildman–Crippen LogP) is 1.40. The normalized spacial score (nSPS) is 10.2. The van der Waals surface area contributed by atoms with E-state index in [0.717, 1.165) is 11.3 Å². The lowest BCUT2D eigenvalue weighted by Crippen LogP contribution is -1.91. The molecule has 0 unspecified atom stereocenters. The van der Waals surface area contributed by atoms with E-state index < -0.39 is 6.45 Å². The van der Waals surface area contributed by atoms with E-state index in [4.69, 9.17) is 1.37 Å². The molecule has 3 heteroatoms. The fourth-order valence-electron chi connectivity index (χ4n) is 0.880. The molecule has 1 rings (SSSR count). The number of carbonyl (C=O) groups is 1. The van der Waals surface area contributed by atoms with E-state index in [1.807, 2.05) is 31.3 Å². The summed E-state index contributed by atoms with van der Waals surface area (Å²) in [5.74, 6) is 0. The highest BCUT2D eigenvalue weighted by atomic mass is 16.5. The first-order valence-electron chi connectivity index (χ1n) is 4.12. The Labute approximate surface area is 72.8 Å². The lowest BCUT2D eigenvalue weighted by molar-refractivity contribution is -0.129. The second kappa shape index (κ2) is 4.38. The number of hydrogen-bond donors (Lipinski definition) is 1. The minimum Gasteiger partial charge on any atom is -0.463 e. The Morgan fingerprint density at radius 2 is 2.25 bits per heavy atom. The molecule has 1 aromatic carbocycles. The van der Waals surface area contributed by atoms with Gasteiger partial charge in [-0.2, -0.15) is 0 Å². The number of carbonyl (C=O) groups excluding carboxylic acids is 1. The van der Waals surface area contributed by atoms with Crippen LogP contribution in [0.5, 0.6) is 0 Å². The minimum absolute atomic E-state index is 0.159. The molecular formula is C9H11NO2. The van der Waals surface area contributed by atoms with Gasteiger partial charge in [-0.1, -0.05) is 12.1 Å².